The molecule has 0 saturated carbocycles. The summed E-state index contributed by atoms with van der Waals surface area (Å²) in [6.07, 6.45) is 2.23. The van der Waals surface area contributed by atoms with Crippen LogP contribution in [0.2, 0.25) is 0 Å². The van der Waals surface area contributed by atoms with Crippen LogP contribution in [0.5, 0.6) is 5.75 Å². The number of carbonyl (C=O) groups is 3. The first-order chi connectivity index (χ1) is 15.3. The molecule has 0 fully saturated rings. The average molecular weight is 605 g/mol. The molecule has 2 aromatic carbocycles. The molecule has 2 heterocycles. The first-order valence-electron chi connectivity index (χ1n) is 9.47. The van der Waals surface area contributed by atoms with Crippen LogP contribution in [0.25, 0.3) is 33.4 Å². The molecule has 8 nitrogen and oxygen atoms in total. The van der Waals surface area contributed by atoms with Gasteiger partial charge in [0.25, 0.3) is 11.8 Å². The number of nitrogens with zero attached hydrogens (tertiary/aromatic N) is 1. The number of hydrogen-bond donors (Lipinski definition) is 2. The maximum atomic E-state index is 12.2. The van der Waals surface area contributed by atoms with Gasteiger partial charge in [0, 0.05) is 106 Å². The normalized spacial score (nSPS) is 12.6. The molecule has 0 atom stereocenters. The number of phenolic OH excluding ortho intramolecular Hbond substituents is 1. The molecule has 10 heteroatoms. The fourth-order valence-corrected chi connectivity index (χ4v) is 3.87. The minimum absolute atomic E-state index is 0. The minimum atomic E-state index is -1.27. The Bertz CT molecular complexity index is 1520. The average Bonchev–Trinajstić information content (AvgIpc) is 3.09. The zero-order valence-corrected chi connectivity index (χ0v) is 23.1. The molecule has 0 spiro atoms. The minimum Gasteiger partial charge on any atom is -0.508 e. The maximum Gasteiger partial charge on any atom is 0.336 e. The van der Waals surface area contributed by atoms with Gasteiger partial charge in [0.1, 0.15) is 17.1 Å². The number of carbonyl (C=O) groups excluding carboxylic acids is 2. The van der Waals surface area contributed by atoms with Gasteiger partial charge in [0.2, 0.25) is 0 Å². The SMILES string of the molecule is O=C(O)c1cc(N2C(=O)C=CC2=O)ccc1-c1c2ccc(=O)cc-2oc2cc(O)ccc12.[Y].[Y]. The van der Waals surface area contributed by atoms with E-state index in [1.807, 2.05) is 0 Å². The molecule has 34 heavy (non-hydrogen) atoms. The Morgan fingerprint density at radius 1 is 0.824 bits per heavy atom. The number of anilines is 1. The molecule has 3 aliphatic rings. The molecule has 2 aliphatic heterocycles. The second-order valence-electron chi connectivity index (χ2n) is 7.20. The van der Waals surface area contributed by atoms with Gasteiger partial charge in [0.15, 0.2) is 5.43 Å². The van der Waals surface area contributed by atoms with Gasteiger partial charge in [-0.05, 0) is 42.0 Å². The number of aromatic carboxylic acids is 1. The van der Waals surface area contributed by atoms with Crippen molar-refractivity contribution in [1.82, 2.24) is 0 Å². The van der Waals surface area contributed by atoms with E-state index in [9.17, 15) is 29.4 Å². The standard InChI is InChI=1S/C24H13NO7.2Y/c26-13-2-5-16-19(10-13)32-20-11-14(27)3-6-17(20)23(16)15-4-1-12(9-18(15)24(30)31)25-21(28)7-8-22(25)29;;/h1-11,26H,(H,30,31);;. The van der Waals surface area contributed by atoms with Crippen molar-refractivity contribution in [3.05, 3.63) is 82.5 Å². The van der Waals surface area contributed by atoms with Crippen molar-refractivity contribution < 1.29 is 94.4 Å². The van der Waals surface area contributed by atoms with Gasteiger partial charge < -0.3 is 14.6 Å². The van der Waals surface area contributed by atoms with Crippen LogP contribution in [0, 0.1) is 0 Å². The summed E-state index contributed by atoms with van der Waals surface area (Å²) in [6.45, 7) is 0. The van der Waals surface area contributed by atoms with E-state index >= 15 is 0 Å². The van der Waals surface area contributed by atoms with Crippen LogP contribution in [0.3, 0.4) is 0 Å². The molecule has 2 radical (unpaired) electrons. The van der Waals surface area contributed by atoms with Crippen molar-refractivity contribution in [1.29, 1.82) is 0 Å². The van der Waals surface area contributed by atoms with Crippen molar-refractivity contribution in [3.8, 4) is 28.2 Å². The van der Waals surface area contributed by atoms with Gasteiger partial charge in [0.05, 0.1) is 11.3 Å². The number of rotatable bonds is 3. The van der Waals surface area contributed by atoms with E-state index in [4.69, 9.17) is 4.42 Å². The number of imide groups is 1. The Hall–Kier alpha value is -2.51. The van der Waals surface area contributed by atoms with E-state index in [1.54, 1.807) is 12.1 Å². The van der Waals surface area contributed by atoms with Gasteiger partial charge in [-0.15, -0.1) is 0 Å². The summed E-state index contributed by atoms with van der Waals surface area (Å²) in [5, 5.41) is 20.3. The number of phenols is 1. The van der Waals surface area contributed by atoms with Gasteiger partial charge in [-0.2, -0.15) is 0 Å². The molecule has 1 aliphatic carbocycles. The fraction of sp³-hybridized carbons (Fsp3) is 0. The first-order valence-corrected chi connectivity index (χ1v) is 9.47. The Balaban J connectivity index is 0.00000162. The van der Waals surface area contributed by atoms with Gasteiger partial charge in [-0.1, -0.05) is 6.07 Å². The quantitative estimate of drug-likeness (QED) is 0.271. The van der Waals surface area contributed by atoms with E-state index in [-0.39, 0.29) is 99.2 Å². The number of carboxylic acid groups (broad SMARTS) is 1. The van der Waals surface area contributed by atoms with E-state index in [0.717, 1.165) is 17.1 Å². The van der Waals surface area contributed by atoms with Gasteiger partial charge in [-0.25, -0.2) is 9.69 Å². The van der Waals surface area contributed by atoms with Crippen LogP contribution in [0.4, 0.5) is 5.69 Å². The van der Waals surface area contributed by atoms with Crippen LogP contribution >= 0.6 is 0 Å². The number of hydrogen-bond acceptors (Lipinski definition) is 6. The van der Waals surface area contributed by atoms with Crippen LogP contribution < -0.4 is 10.3 Å². The van der Waals surface area contributed by atoms with Crippen LogP contribution in [0.15, 0.2) is 76.0 Å². The monoisotopic (exact) mass is 605 g/mol. The Morgan fingerprint density at radius 3 is 2.18 bits per heavy atom. The van der Waals surface area contributed by atoms with Gasteiger partial charge >= 0.3 is 5.97 Å². The summed E-state index contributed by atoms with van der Waals surface area (Å²) in [5.74, 6) is -2.23. The smallest absolute Gasteiger partial charge is 0.336 e. The molecule has 0 unspecified atom stereocenters. The summed E-state index contributed by atoms with van der Waals surface area (Å²) >= 11 is 0. The predicted molar refractivity (Wildman–Crippen MR) is 115 cm³/mol. The zero-order chi connectivity index (χ0) is 22.6. The first kappa shape index (κ1) is 26.1. The van der Waals surface area contributed by atoms with Crippen molar-refractivity contribution in [2.24, 2.45) is 0 Å². The molecule has 5 rings (SSSR count). The van der Waals surface area contributed by atoms with Crippen LogP contribution in [0.1, 0.15) is 10.4 Å². The van der Waals surface area contributed by atoms with E-state index < -0.39 is 17.8 Å². The van der Waals surface area contributed by atoms with Crippen molar-refractivity contribution in [2.75, 3.05) is 4.90 Å². The summed E-state index contributed by atoms with van der Waals surface area (Å²) in [4.78, 5) is 49.0. The number of fused-ring (bicyclic) bond motifs is 2. The van der Waals surface area contributed by atoms with E-state index in [2.05, 4.69) is 0 Å². The largest absolute Gasteiger partial charge is 0.508 e. The van der Waals surface area contributed by atoms with Crippen molar-refractivity contribution in [3.63, 3.8) is 0 Å². The van der Waals surface area contributed by atoms with Crippen molar-refractivity contribution >= 4 is 34.4 Å². The Morgan fingerprint density at radius 2 is 1.50 bits per heavy atom. The second-order valence-corrected chi connectivity index (χ2v) is 7.20. The Labute approximate surface area is 242 Å². The predicted octanol–water partition coefficient (Wildman–Crippen LogP) is 3.39. The van der Waals surface area contributed by atoms with E-state index in [1.165, 1.54) is 42.5 Å². The molecule has 0 bridgehead atoms. The third-order valence-corrected chi connectivity index (χ3v) is 5.25. The molecule has 162 valence electrons. The zero-order valence-electron chi connectivity index (χ0n) is 17.4. The Kier molecular flexibility index (Phi) is 7.68. The molecule has 2 amide bonds. The van der Waals surface area contributed by atoms with E-state index in [0.29, 0.717) is 22.1 Å². The topological polar surface area (TPSA) is 125 Å². The number of aromatic hydroxyl groups is 1. The third kappa shape index (κ3) is 4.43. The molecular weight excluding hydrogens is 592 g/mol. The summed E-state index contributed by atoms with van der Waals surface area (Å²) < 4.78 is 5.79. The molecule has 2 N–H and O–H groups in total. The number of carboxylic acids is 1. The summed E-state index contributed by atoms with van der Waals surface area (Å²) in [7, 11) is 0. The second kappa shape index (κ2) is 10.0. The van der Waals surface area contributed by atoms with Crippen molar-refractivity contribution in [2.45, 2.75) is 0 Å². The molecule has 0 saturated heterocycles. The summed E-state index contributed by atoms with van der Waals surface area (Å²) in [6, 6.07) is 12.8. The maximum absolute atomic E-state index is 12.2. The van der Waals surface area contributed by atoms with Crippen LogP contribution in [-0.4, -0.2) is 28.0 Å². The third-order valence-electron chi connectivity index (χ3n) is 5.25. The molecule has 0 aromatic heterocycles. The fourth-order valence-electron chi connectivity index (χ4n) is 3.87. The summed E-state index contributed by atoms with van der Waals surface area (Å²) in [5.41, 5.74) is 1.20. The number of amides is 2. The molecule has 2 aromatic rings. The van der Waals surface area contributed by atoms with Crippen LogP contribution in [-0.2, 0) is 75.0 Å². The molecular formula is C24H13NO7Y2. The van der Waals surface area contributed by atoms with Gasteiger partial charge in [-0.3, -0.25) is 14.4 Å². The number of benzene rings is 3.